The topological polar surface area (TPSA) is 53.8 Å². The quantitative estimate of drug-likeness (QED) is 0.481. The zero-order chi connectivity index (χ0) is 12.7. The molecule has 0 aliphatic carbocycles. The van der Waals surface area contributed by atoms with E-state index in [0.29, 0.717) is 6.54 Å². The van der Waals surface area contributed by atoms with Gasteiger partial charge in [0.1, 0.15) is 5.75 Å². The van der Waals surface area contributed by atoms with Crippen molar-refractivity contribution in [2.75, 3.05) is 13.2 Å². The molecule has 0 amide bonds. The van der Waals surface area contributed by atoms with Crippen LogP contribution < -0.4 is 10.2 Å². The van der Waals surface area contributed by atoms with E-state index in [1.54, 1.807) is 6.21 Å². The van der Waals surface area contributed by atoms with E-state index in [4.69, 9.17) is 9.84 Å². The molecule has 0 spiro atoms. The maximum Gasteiger partial charge on any atom is 0.133 e. The van der Waals surface area contributed by atoms with Crippen molar-refractivity contribution in [2.24, 2.45) is 5.10 Å². The first-order chi connectivity index (χ1) is 8.13. The normalized spacial score (nSPS) is 11.1. The smallest absolute Gasteiger partial charge is 0.133 e. The molecule has 94 valence electrons. The third-order valence-corrected chi connectivity index (χ3v) is 2.47. The van der Waals surface area contributed by atoms with Gasteiger partial charge in [0.15, 0.2) is 0 Å². The maximum atomic E-state index is 8.57. The molecule has 0 heterocycles. The monoisotopic (exact) mass is 300 g/mol. The van der Waals surface area contributed by atoms with Crippen LogP contribution >= 0.6 is 15.9 Å². The Balaban J connectivity index is 2.65. The molecule has 0 aromatic heterocycles. The largest absolute Gasteiger partial charge is 0.490 e. The zero-order valence-electron chi connectivity index (χ0n) is 9.98. The van der Waals surface area contributed by atoms with Crippen molar-refractivity contribution in [3.8, 4) is 5.75 Å². The van der Waals surface area contributed by atoms with Crippen molar-refractivity contribution in [1.29, 1.82) is 0 Å². The van der Waals surface area contributed by atoms with Crippen molar-refractivity contribution in [3.63, 3.8) is 0 Å². The molecular weight excluding hydrogens is 284 g/mol. The molecule has 0 saturated carbocycles. The minimum absolute atomic E-state index is 0.0716. The van der Waals surface area contributed by atoms with Gasteiger partial charge in [0.25, 0.3) is 0 Å². The summed E-state index contributed by atoms with van der Waals surface area (Å²) in [5.74, 6) is 0.820. The Morgan fingerprint density at radius 1 is 1.53 bits per heavy atom. The van der Waals surface area contributed by atoms with Crippen molar-refractivity contribution in [1.82, 2.24) is 5.43 Å². The molecule has 0 aliphatic heterocycles. The average Bonchev–Trinajstić information content (AvgIpc) is 2.27. The predicted molar refractivity (Wildman–Crippen MR) is 72.6 cm³/mol. The lowest BCUT2D eigenvalue weighted by Crippen LogP contribution is -2.11. The first kappa shape index (κ1) is 14.0. The molecule has 0 fully saturated rings. The number of ether oxygens (including phenoxy) is 1. The number of rotatable bonds is 6. The number of benzene rings is 1. The molecule has 0 bridgehead atoms. The van der Waals surface area contributed by atoms with Gasteiger partial charge in [-0.2, -0.15) is 5.10 Å². The third-order valence-electron chi connectivity index (χ3n) is 1.85. The van der Waals surface area contributed by atoms with Gasteiger partial charge < -0.3 is 15.3 Å². The van der Waals surface area contributed by atoms with Gasteiger partial charge in [0.2, 0.25) is 0 Å². The first-order valence-electron chi connectivity index (χ1n) is 5.46. The second kappa shape index (κ2) is 7.29. The summed E-state index contributed by atoms with van der Waals surface area (Å²) >= 11 is 3.45. The van der Waals surface area contributed by atoms with Gasteiger partial charge >= 0.3 is 0 Å². The second-order valence-electron chi connectivity index (χ2n) is 3.75. The molecule has 17 heavy (non-hydrogen) atoms. The molecule has 1 aromatic rings. The summed E-state index contributed by atoms with van der Waals surface area (Å²) in [6.07, 6.45) is 1.84. The molecule has 1 aromatic carbocycles. The van der Waals surface area contributed by atoms with E-state index < -0.39 is 0 Å². The minimum Gasteiger partial charge on any atom is -0.490 e. The summed E-state index contributed by atoms with van der Waals surface area (Å²) in [6, 6.07) is 5.76. The van der Waals surface area contributed by atoms with Crippen molar-refractivity contribution >= 4 is 22.1 Å². The van der Waals surface area contributed by atoms with Gasteiger partial charge in [0, 0.05) is 0 Å². The average molecular weight is 301 g/mol. The fraction of sp³-hybridized carbons (Fsp3) is 0.417. The van der Waals surface area contributed by atoms with Crippen LogP contribution in [0.1, 0.15) is 19.4 Å². The molecule has 0 unspecified atom stereocenters. The lowest BCUT2D eigenvalue weighted by Gasteiger charge is -2.11. The van der Waals surface area contributed by atoms with Crippen LogP contribution in [0.5, 0.6) is 5.75 Å². The highest BCUT2D eigenvalue weighted by Gasteiger charge is 2.03. The van der Waals surface area contributed by atoms with Gasteiger partial charge in [0.05, 0.1) is 29.9 Å². The highest BCUT2D eigenvalue weighted by atomic mass is 79.9. The molecule has 1 rings (SSSR count). The summed E-state index contributed by atoms with van der Waals surface area (Å²) < 4.78 is 6.50. The molecule has 2 N–H and O–H groups in total. The van der Waals surface area contributed by atoms with Crippen LogP contribution in [-0.4, -0.2) is 30.6 Å². The number of hydrogen-bond donors (Lipinski definition) is 2. The van der Waals surface area contributed by atoms with Crippen LogP contribution in [-0.2, 0) is 0 Å². The van der Waals surface area contributed by atoms with E-state index in [2.05, 4.69) is 26.5 Å². The predicted octanol–water partition coefficient (Wildman–Crippen LogP) is 2.15. The Bertz CT molecular complexity index is 381. The second-order valence-corrected chi connectivity index (χ2v) is 4.60. The Labute approximate surface area is 110 Å². The summed E-state index contributed by atoms with van der Waals surface area (Å²) in [7, 11) is 0. The lowest BCUT2D eigenvalue weighted by atomic mass is 10.2. The molecule has 5 heteroatoms. The van der Waals surface area contributed by atoms with Crippen molar-refractivity contribution in [3.05, 3.63) is 28.2 Å². The number of halogens is 1. The minimum atomic E-state index is 0.0716. The Hall–Kier alpha value is -1.07. The fourth-order valence-corrected chi connectivity index (χ4v) is 1.67. The summed E-state index contributed by atoms with van der Waals surface area (Å²) in [6.45, 7) is 4.50. The summed E-state index contributed by atoms with van der Waals surface area (Å²) in [4.78, 5) is 0. The molecule has 0 saturated heterocycles. The van der Waals surface area contributed by atoms with Gasteiger partial charge in [-0.05, 0) is 53.5 Å². The first-order valence-corrected chi connectivity index (χ1v) is 6.25. The number of aliphatic hydroxyl groups excluding tert-OH is 1. The number of nitrogens with zero attached hydrogens (tertiary/aromatic N) is 1. The molecule has 4 nitrogen and oxygen atoms in total. The highest BCUT2D eigenvalue weighted by Crippen LogP contribution is 2.26. The van der Waals surface area contributed by atoms with Crippen LogP contribution in [0, 0.1) is 0 Å². The molecular formula is C12H17BrN2O2. The van der Waals surface area contributed by atoms with Gasteiger partial charge in [-0.1, -0.05) is 0 Å². The van der Waals surface area contributed by atoms with Crippen LogP contribution in [0.2, 0.25) is 0 Å². The molecule has 0 atom stereocenters. The van der Waals surface area contributed by atoms with E-state index >= 15 is 0 Å². The van der Waals surface area contributed by atoms with Crippen LogP contribution in [0.25, 0.3) is 0 Å². The van der Waals surface area contributed by atoms with E-state index in [9.17, 15) is 0 Å². The number of aliphatic hydroxyl groups is 1. The third kappa shape index (κ3) is 5.19. The van der Waals surface area contributed by atoms with Crippen molar-refractivity contribution in [2.45, 2.75) is 20.0 Å². The number of nitrogens with one attached hydrogen (secondary N) is 1. The highest BCUT2D eigenvalue weighted by molar-refractivity contribution is 9.10. The lowest BCUT2D eigenvalue weighted by molar-refractivity contribution is 0.241. The van der Waals surface area contributed by atoms with Crippen LogP contribution in [0.15, 0.2) is 27.8 Å². The zero-order valence-corrected chi connectivity index (χ0v) is 11.6. The van der Waals surface area contributed by atoms with E-state index in [1.165, 1.54) is 0 Å². The van der Waals surface area contributed by atoms with Crippen LogP contribution in [0.3, 0.4) is 0 Å². The van der Waals surface area contributed by atoms with E-state index in [-0.39, 0.29) is 12.7 Å². The number of hydrazone groups is 1. The fourth-order valence-electron chi connectivity index (χ4n) is 1.18. The van der Waals surface area contributed by atoms with Gasteiger partial charge in [-0.15, -0.1) is 0 Å². The SMILES string of the molecule is CC(C)Oc1ccc(C=NNCCO)cc1Br. The van der Waals surface area contributed by atoms with Gasteiger partial charge in [-0.3, -0.25) is 0 Å². The summed E-state index contributed by atoms with van der Waals surface area (Å²) in [5, 5.41) is 12.5. The van der Waals surface area contributed by atoms with Crippen LogP contribution in [0.4, 0.5) is 0 Å². The van der Waals surface area contributed by atoms with E-state index in [1.807, 2.05) is 32.0 Å². The maximum absolute atomic E-state index is 8.57. The Kier molecular flexibility index (Phi) is 6.00. The molecule has 0 aliphatic rings. The van der Waals surface area contributed by atoms with Crippen molar-refractivity contribution < 1.29 is 9.84 Å². The molecule has 0 radical (unpaired) electrons. The Morgan fingerprint density at radius 2 is 2.29 bits per heavy atom. The summed E-state index contributed by atoms with van der Waals surface area (Å²) in [5.41, 5.74) is 3.68. The van der Waals surface area contributed by atoms with E-state index in [0.717, 1.165) is 15.8 Å². The number of hydrogen-bond acceptors (Lipinski definition) is 4. The Morgan fingerprint density at radius 3 is 2.88 bits per heavy atom. The standard InChI is InChI=1S/C12H17BrN2O2/c1-9(2)17-12-4-3-10(7-11(12)13)8-15-14-5-6-16/h3-4,7-9,14,16H,5-6H2,1-2H3. The van der Waals surface area contributed by atoms with Gasteiger partial charge in [-0.25, -0.2) is 0 Å².